The first-order valence-corrected chi connectivity index (χ1v) is 10.0. The number of guanidine groups is 1. The number of H-pyrrole nitrogens is 1. The van der Waals surface area contributed by atoms with Crippen molar-refractivity contribution in [3.8, 4) is 0 Å². The highest BCUT2D eigenvalue weighted by Gasteiger charge is 2.23. The lowest BCUT2D eigenvalue weighted by atomic mass is 9.95. The summed E-state index contributed by atoms with van der Waals surface area (Å²) in [5.74, 6) is 1.10. The molecule has 0 radical (unpaired) electrons. The molecule has 0 saturated carbocycles. The number of aromatic amines is 1. The Morgan fingerprint density at radius 3 is 3.00 bits per heavy atom. The molecule has 1 saturated heterocycles. The molecule has 1 atom stereocenters. The van der Waals surface area contributed by atoms with Gasteiger partial charge in [-0.15, -0.1) is 24.0 Å². The highest BCUT2D eigenvalue weighted by Crippen LogP contribution is 2.20. The van der Waals surface area contributed by atoms with Crippen LogP contribution in [0.25, 0.3) is 10.9 Å². The SMILES string of the molecule is CCNC(=NCCCc1c[nH]c2ccccc12)N1CCCC(CC(N)=O)C1.I. The van der Waals surface area contributed by atoms with Crippen LogP contribution in [0, 0.1) is 5.92 Å². The standard InChI is InChI=1S/C21H31N5O.HI/c1-2-23-21(26-12-6-7-16(15-26)13-20(22)27)24-11-5-8-17-14-25-19-10-4-3-9-18(17)19;/h3-4,9-10,14,16,25H,2,5-8,11-13,15H2,1H3,(H2,22,27)(H,23,24);1H. The van der Waals surface area contributed by atoms with Gasteiger partial charge >= 0.3 is 0 Å². The molecule has 2 aromatic rings. The van der Waals surface area contributed by atoms with Crippen LogP contribution in [0.3, 0.4) is 0 Å². The number of halogens is 1. The van der Waals surface area contributed by atoms with Crippen molar-refractivity contribution in [2.75, 3.05) is 26.2 Å². The van der Waals surface area contributed by atoms with Gasteiger partial charge in [-0.1, -0.05) is 18.2 Å². The maximum absolute atomic E-state index is 11.2. The van der Waals surface area contributed by atoms with Gasteiger partial charge in [0.15, 0.2) is 5.96 Å². The van der Waals surface area contributed by atoms with E-state index >= 15 is 0 Å². The van der Waals surface area contributed by atoms with Crippen LogP contribution in [0.4, 0.5) is 0 Å². The minimum Gasteiger partial charge on any atom is -0.370 e. The summed E-state index contributed by atoms with van der Waals surface area (Å²) < 4.78 is 0. The Bertz CT molecular complexity index is 788. The normalized spacial score (nSPS) is 17.4. The molecule has 3 rings (SSSR count). The van der Waals surface area contributed by atoms with E-state index in [0.717, 1.165) is 57.8 Å². The maximum Gasteiger partial charge on any atom is 0.217 e. The van der Waals surface area contributed by atoms with Gasteiger partial charge in [-0.3, -0.25) is 9.79 Å². The van der Waals surface area contributed by atoms with Crippen LogP contribution in [0.1, 0.15) is 38.2 Å². The zero-order valence-corrected chi connectivity index (χ0v) is 18.9. The second-order valence-corrected chi connectivity index (χ2v) is 7.32. The predicted octanol–water partition coefficient (Wildman–Crippen LogP) is 3.27. The molecule has 6 nitrogen and oxygen atoms in total. The number of fused-ring (bicyclic) bond motifs is 1. The molecule has 2 heterocycles. The van der Waals surface area contributed by atoms with Crippen LogP contribution in [0.15, 0.2) is 35.5 Å². The molecular formula is C21H32IN5O. The summed E-state index contributed by atoms with van der Waals surface area (Å²) in [5.41, 5.74) is 7.93. The molecule has 28 heavy (non-hydrogen) atoms. The van der Waals surface area contributed by atoms with Crippen LogP contribution in [-0.2, 0) is 11.2 Å². The lowest BCUT2D eigenvalue weighted by Crippen LogP contribution is -2.47. The fourth-order valence-corrected chi connectivity index (χ4v) is 3.93. The van der Waals surface area contributed by atoms with Crippen LogP contribution in [0.5, 0.6) is 0 Å². The van der Waals surface area contributed by atoms with E-state index in [-0.39, 0.29) is 29.9 Å². The number of hydrogen-bond acceptors (Lipinski definition) is 2. The van der Waals surface area contributed by atoms with E-state index in [1.54, 1.807) is 0 Å². The summed E-state index contributed by atoms with van der Waals surface area (Å²) in [6, 6.07) is 8.42. The van der Waals surface area contributed by atoms with Crippen LogP contribution < -0.4 is 11.1 Å². The third-order valence-electron chi connectivity index (χ3n) is 5.18. The van der Waals surface area contributed by atoms with Gasteiger partial charge in [-0.05, 0) is 50.2 Å². The summed E-state index contributed by atoms with van der Waals surface area (Å²) in [6.07, 6.45) is 6.75. The number of hydrogen-bond donors (Lipinski definition) is 3. The molecule has 1 aromatic heterocycles. The average molecular weight is 497 g/mol. The van der Waals surface area contributed by atoms with Gasteiger partial charge in [0.2, 0.25) is 5.91 Å². The number of nitrogens with two attached hydrogens (primary N) is 1. The first kappa shape index (κ1) is 22.5. The molecule has 0 aliphatic carbocycles. The number of nitrogens with zero attached hydrogens (tertiary/aromatic N) is 2. The van der Waals surface area contributed by atoms with Crippen molar-refractivity contribution in [3.63, 3.8) is 0 Å². The van der Waals surface area contributed by atoms with Crippen molar-refractivity contribution in [3.05, 3.63) is 36.0 Å². The number of amides is 1. The summed E-state index contributed by atoms with van der Waals surface area (Å²) in [4.78, 5) is 21.7. The second-order valence-electron chi connectivity index (χ2n) is 7.32. The highest BCUT2D eigenvalue weighted by atomic mass is 127. The topological polar surface area (TPSA) is 86.5 Å². The predicted molar refractivity (Wildman–Crippen MR) is 126 cm³/mol. The third-order valence-corrected chi connectivity index (χ3v) is 5.18. The Labute approximate surface area is 184 Å². The lowest BCUT2D eigenvalue weighted by molar-refractivity contribution is -0.119. The number of carbonyl (C=O) groups excluding carboxylic acids is 1. The molecule has 7 heteroatoms. The Kier molecular flexibility index (Phi) is 9.08. The van der Waals surface area contributed by atoms with Crippen molar-refractivity contribution >= 4 is 46.7 Å². The number of piperidine rings is 1. The second kappa shape index (κ2) is 11.3. The number of likely N-dealkylation sites (tertiary alicyclic amines) is 1. The quantitative estimate of drug-likeness (QED) is 0.238. The molecule has 1 fully saturated rings. The number of carbonyl (C=O) groups is 1. The molecular weight excluding hydrogens is 465 g/mol. The van der Waals surface area contributed by atoms with Gasteiger partial charge in [0, 0.05) is 49.7 Å². The first-order valence-electron chi connectivity index (χ1n) is 10.0. The maximum atomic E-state index is 11.2. The summed E-state index contributed by atoms with van der Waals surface area (Å²) in [5, 5.41) is 4.71. The largest absolute Gasteiger partial charge is 0.370 e. The van der Waals surface area contributed by atoms with Gasteiger partial charge in [0.25, 0.3) is 0 Å². The first-order chi connectivity index (χ1) is 13.2. The minimum atomic E-state index is -0.206. The zero-order valence-electron chi connectivity index (χ0n) is 16.6. The Morgan fingerprint density at radius 1 is 1.39 bits per heavy atom. The fraction of sp³-hybridized carbons (Fsp3) is 0.524. The van der Waals surface area contributed by atoms with Crippen molar-refractivity contribution in [1.82, 2.24) is 15.2 Å². The summed E-state index contributed by atoms with van der Waals surface area (Å²) in [6.45, 7) is 5.57. The molecule has 154 valence electrons. The molecule has 0 bridgehead atoms. The van der Waals surface area contributed by atoms with Crippen molar-refractivity contribution < 1.29 is 4.79 Å². The summed E-state index contributed by atoms with van der Waals surface area (Å²) in [7, 11) is 0. The molecule has 0 spiro atoms. The molecule has 1 amide bonds. The molecule has 1 aliphatic rings. The van der Waals surface area contributed by atoms with Gasteiger partial charge < -0.3 is 20.9 Å². The van der Waals surface area contributed by atoms with E-state index in [2.05, 4.69) is 52.6 Å². The summed E-state index contributed by atoms with van der Waals surface area (Å²) >= 11 is 0. The number of nitrogens with one attached hydrogen (secondary N) is 2. The molecule has 1 aliphatic heterocycles. The average Bonchev–Trinajstić information content (AvgIpc) is 3.07. The number of benzene rings is 1. The minimum absolute atomic E-state index is 0. The van der Waals surface area contributed by atoms with E-state index in [9.17, 15) is 4.79 Å². The van der Waals surface area contributed by atoms with Gasteiger partial charge in [0.05, 0.1) is 0 Å². The van der Waals surface area contributed by atoms with Crippen molar-refractivity contribution in [1.29, 1.82) is 0 Å². The Hall–Kier alpha value is -1.77. The number of aryl methyl sites for hydroxylation is 1. The number of aliphatic imine (C=N–C) groups is 1. The van der Waals surface area contributed by atoms with Crippen LogP contribution >= 0.6 is 24.0 Å². The smallest absolute Gasteiger partial charge is 0.217 e. The van der Waals surface area contributed by atoms with E-state index in [1.165, 1.54) is 16.5 Å². The van der Waals surface area contributed by atoms with Gasteiger partial charge in [-0.2, -0.15) is 0 Å². The van der Waals surface area contributed by atoms with E-state index in [0.29, 0.717) is 12.3 Å². The van der Waals surface area contributed by atoms with Crippen LogP contribution in [-0.4, -0.2) is 47.9 Å². The van der Waals surface area contributed by atoms with Crippen molar-refractivity contribution in [2.24, 2.45) is 16.6 Å². The van der Waals surface area contributed by atoms with Crippen molar-refractivity contribution in [2.45, 2.75) is 39.0 Å². The number of primary amides is 1. The Balaban J connectivity index is 0.00000280. The highest BCUT2D eigenvalue weighted by molar-refractivity contribution is 14.0. The van der Waals surface area contributed by atoms with Crippen LogP contribution in [0.2, 0.25) is 0 Å². The van der Waals surface area contributed by atoms with Gasteiger partial charge in [-0.25, -0.2) is 0 Å². The molecule has 1 aromatic carbocycles. The molecule has 4 N–H and O–H groups in total. The lowest BCUT2D eigenvalue weighted by Gasteiger charge is -2.34. The Morgan fingerprint density at radius 2 is 2.21 bits per heavy atom. The number of rotatable bonds is 7. The molecule has 1 unspecified atom stereocenters. The zero-order chi connectivity index (χ0) is 19.1. The fourth-order valence-electron chi connectivity index (χ4n) is 3.93. The number of para-hydroxylation sites is 1. The number of aromatic nitrogens is 1. The van der Waals surface area contributed by atoms with E-state index < -0.39 is 0 Å². The van der Waals surface area contributed by atoms with E-state index in [4.69, 9.17) is 10.7 Å². The monoisotopic (exact) mass is 497 g/mol. The van der Waals surface area contributed by atoms with Gasteiger partial charge in [0.1, 0.15) is 0 Å². The van der Waals surface area contributed by atoms with E-state index in [1.807, 2.05) is 0 Å². The third kappa shape index (κ3) is 6.12.